The minimum Gasteiger partial charge on any atom is -0.255 e. The van der Waals surface area contributed by atoms with Crippen molar-refractivity contribution in [2.24, 2.45) is 0 Å². The predicted octanol–water partition coefficient (Wildman–Crippen LogP) is 2.59. The Morgan fingerprint density at radius 2 is 2.00 bits per heavy atom. The van der Waals surface area contributed by atoms with Crippen LogP contribution in [0.1, 0.15) is 25.2 Å². The lowest BCUT2D eigenvalue weighted by Crippen LogP contribution is -2.11. The largest absolute Gasteiger partial charge is 0.255 e. The van der Waals surface area contributed by atoms with Crippen LogP contribution in [0.4, 0.5) is 4.39 Å². The lowest BCUT2D eigenvalue weighted by molar-refractivity contribution is 0.214. The molecular weight excluding hydrogens is 141 g/mol. The maximum atomic E-state index is 13.2. The van der Waals surface area contributed by atoms with E-state index in [0.29, 0.717) is 5.69 Å². The van der Waals surface area contributed by atoms with Crippen LogP contribution < -0.4 is 0 Å². The number of hydrogen-bond acceptors (Lipinski definition) is 1. The molecule has 2 heteroatoms. The summed E-state index contributed by atoms with van der Waals surface area (Å²) < 4.78 is 13.2. The fraction of sp³-hybridized carbons (Fsp3) is 0.444. The highest BCUT2D eigenvalue weighted by Crippen LogP contribution is 2.21. The number of nitrogens with zero attached hydrogens (tertiary/aromatic N) is 1. The maximum Gasteiger partial charge on any atom is 0.147 e. The van der Waals surface area contributed by atoms with Gasteiger partial charge in [-0.15, -0.1) is 0 Å². The molecule has 1 rings (SSSR count). The van der Waals surface area contributed by atoms with Crippen molar-refractivity contribution in [1.82, 2.24) is 4.98 Å². The average Bonchev–Trinajstić information content (AvgIpc) is 1.86. The van der Waals surface area contributed by atoms with E-state index in [1.165, 1.54) is 13.8 Å². The molecule has 0 saturated heterocycles. The van der Waals surface area contributed by atoms with Crippen molar-refractivity contribution in [3.05, 3.63) is 29.6 Å². The zero-order valence-electron chi connectivity index (χ0n) is 7.06. The molecule has 0 radical (unpaired) electrons. The van der Waals surface area contributed by atoms with Gasteiger partial charge in [-0.05, 0) is 32.9 Å². The highest BCUT2D eigenvalue weighted by atomic mass is 19.1. The molecule has 0 saturated carbocycles. The van der Waals surface area contributed by atoms with E-state index >= 15 is 0 Å². The van der Waals surface area contributed by atoms with Crippen molar-refractivity contribution >= 4 is 0 Å². The quantitative estimate of drug-likeness (QED) is 0.604. The van der Waals surface area contributed by atoms with Crippen LogP contribution in [-0.2, 0) is 5.67 Å². The first-order valence-electron chi connectivity index (χ1n) is 3.63. The van der Waals surface area contributed by atoms with Crippen molar-refractivity contribution < 1.29 is 4.39 Å². The Balaban J connectivity index is 3.06. The number of halogens is 1. The van der Waals surface area contributed by atoms with Crippen LogP contribution in [0, 0.1) is 6.92 Å². The van der Waals surface area contributed by atoms with Crippen molar-refractivity contribution in [2.75, 3.05) is 0 Å². The third-order valence-electron chi connectivity index (χ3n) is 1.50. The van der Waals surface area contributed by atoms with Gasteiger partial charge in [0.1, 0.15) is 5.67 Å². The molecule has 0 aliphatic carbocycles. The summed E-state index contributed by atoms with van der Waals surface area (Å²) in [6.45, 7) is 4.87. The van der Waals surface area contributed by atoms with Crippen molar-refractivity contribution in [2.45, 2.75) is 26.4 Å². The number of pyridine rings is 1. The summed E-state index contributed by atoms with van der Waals surface area (Å²) in [7, 11) is 0. The minimum absolute atomic E-state index is 0.498. The van der Waals surface area contributed by atoms with Crippen LogP contribution >= 0.6 is 0 Å². The van der Waals surface area contributed by atoms with Crippen molar-refractivity contribution in [3.8, 4) is 0 Å². The molecule has 60 valence electrons. The second-order valence-corrected chi connectivity index (χ2v) is 3.14. The molecular formula is C9H12FN. The monoisotopic (exact) mass is 153 g/mol. The lowest BCUT2D eigenvalue weighted by atomic mass is 10.1. The summed E-state index contributed by atoms with van der Waals surface area (Å²) in [6, 6.07) is 5.38. The van der Waals surface area contributed by atoms with E-state index in [1.54, 1.807) is 6.07 Å². The summed E-state index contributed by atoms with van der Waals surface area (Å²) in [5, 5.41) is 0. The zero-order valence-corrected chi connectivity index (χ0v) is 7.06. The van der Waals surface area contributed by atoms with Gasteiger partial charge in [0.2, 0.25) is 0 Å². The van der Waals surface area contributed by atoms with Gasteiger partial charge in [-0.2, -0.15) is 0 Å². The zero-order chi connectivity index (χ0) is 8.48. The third kappa shape index (κ3) is 2.00. The summed E-state index contributed by atoms with van der Waals surface area (Å²) in [5.74, 6) is 0. The topological polar surface area (TPSA) is 12.9 Å². The van der Waals surface area contributed by atoms with E-state index < -0.39 is 5.67 Å². The predicted molar refractivity (Wildman–Crippen MR) is 43.1 cm³/mol. The molecule has 0 spiro atoms. The van der Waals surface area contributed by atoms with E-state index in [4.69, 9.17) is 0 Å². The number of aryl methyl sites for hydroxylation is 1. The standard InChI is InChI=1S/C9H12FN/c1-7-5-4-6-8(11-7)9(2,3)10/h4-6H,1-3H3. The summed E-state index contributed by atoms with van der Waals surface area (Å²) >= 11 is 0. The highest BCUT2D eigenvalue weighted by Gasteiger charge is 2.19. The van der Waals surface area contributed by atoms with E-state index in [0.717, 1.165) is 5.69 Å². The summed E-state index contributed by atoms with van der Waals surface area (Å²) in [5.41, 5.74) is 0.0252. The van der Waals surface area contributed by atoms with E-state index in [9.17, 15) is 4.39 Å². The highest BCUT2D eigenvalue weighted by molar-refractivity contribution is 5.14. The average molecular weight is 153 g/mol. The molecule has 1 aromatic heterocycles. The minimum atomic E-state index is -1.33. The van der Waals surface area contributed by atoms with Crippen LogP contribution in [0.15, 0.2) is 18.2 Å². The van der Waals surface area contributed by atoms with E-state index in [2.05, 4.69) is 4.98 Å². The summed E-state index contributed by atoms with van der Waals surface area (Å²) in [4.78, 5) is 4.07. The van der Waals surface area contributed by atoms with Gasteiger partial charge in [0.05, 0.1) is 5.69 Å². The molecule has 11 heavy (non-hydrogen) atoms. The third-order valence-corrected chi connectivity index (χ3v) is 1.50. The van der Waals surface area contributed by atoms with Crippen LogP contribution in [-0.4, -0.2) is 4.98 Å². The summed E-state index contributed by atoms with van der Waals surface area (Å²) in [6.07, 6.45) is 0. The molecule has 0 aliphatic heterocycles. The van der Waals surface area contributed by atoms with Crippen LogP contribution in [0.25, 0.3) is 0 Å². The molecule has 0 aromatic carbocycles. The fourth-order valence-corrected chi connectivity index (χ4v) is 0.874. The second-order valence-electron chi connectivity index (χ2n) is 3.14. The maximum absolute atomic E-state index is 13.2. The molecule has 1 heterocycles. The van der Waals surface area contributed by atoms with Crippen LogP contribution in [0.3, 0.4) is 0 Å². The Morgan fingerprint density at radius 1 is 1.36 bits per heavy atom. The van der Waals surface area contributed by atoms with Gasteiger partial charge in [0.25, 0.3) is 0 Å². The Morgan fingerprint density at radius 3 is 2.36 bits per heavy atom. The molecule has 0 bridgehead atoms. The lowest BCUT2D eigenvalue weighted by Gasteiger charge is -2.13. The van der Waals surface area contributed by atoms with E-state index in [1.807, 2.05) is 19.1 Å². The van der Waals surface area contributed by atoms with Crippen LogP contribution in [0.2, 0.25) is 0 Å². The first kappa shape index (κ1) is 8.18. The molecule has 0 amide bonds. The molecule has 0 atom stereocenters. The molecule has 1 nitrogen and oxygen atoms in total. The van der Waals surface area contributed by atoms with Gasteiger partial charge in [0.15, 0.2) is 0 Å². The van der Waals surface area contributed by atoms with Crippen molar-refractivity contribution in [3.63, 3.8) is 0 Å². The normalized spacial score (nSPS) is 11.6. The van der Waals surface area contributed by atoms with Gasteiger partial charge < -0.3 is 0 Å². The Kier molecular flexibility index (Phi) is 1.94. The molecule has 1 aromatic rings. The van der Waals surface area contributed by atoms with E-state index in [-0.39, 0.29) is 0 Å². The number of aromatic nitrogens is 1. The fourth-order valence-electron chi connectivity index (χ4n) is 0.874. The Labute approximate surface area is 66.3 Å². The van der Waals surface area contributed by atoms with Gasteiger partial charge in [-0.1, -0.05) is 6.07 Å². The number of hydrogen-bond donors (Lipinski definition) is 0. The number of alkyl halides is 1. The van der Waals surface area contributed by atoms with Crippen molar-refractivity contribution in [1.29, 1.82) is 0 Å². The molecule has 0 fully saturated rings. The second kappa shape index (κ2) is 2.61. The first-order chi connectivity index (χ1) is 5.00. The Bertz CT molecular complexity index is 250. The SMILES string of the molecule is Cc1cccc(C(C)(C)F)n1. The molecule has 0 unspecified atom stereocenters. The van der Waals surface area contributed by atoms with Crippen LogP contribution in [0.5, 0.6) is 0 Å². The number of rotatable bonds is 1. The van der Waals surface area contributed by atoms with Gasteiger partial charge in [-0.25, -0.2) is 4.39 Å². The Hall–Kier alpha value is -0.920. The first-order valence-corrected chi connectivity index (χ1v) is 3.63. The molecule has 0 N–H and O–H groups in total. The van der Waals surface area contributed by atoms with Gasteiger partial charge in [-0.3, -0.25) is 4.98 Å². The molecule has 0 aliphatic rings. The van der Waals surface area contributed by atoms with Gasteiger partial charge >= 0.3 is 0 Å². The van der Waals surface area contributed by atoms with Gasteiger partial charge in [0, 0.05) is 5.69 Å². The smallest absolute Gasteiger partial charge is 0.147 e.